The topological polar surface area (TPSA) is 29.9 Å². The number of nitrogens with zero attached hydrogens (tertiary/aromatic N) is 2. The zero-order valence-electron chi connectivity index (χ0n) is 10.8. The normalized spacial score (nSPS) is 23.9. The molecule has 1 saturated heterocycles. The van der Waals surface area contributed by atoms with Gasteiger partial charge in [0.1, 0.15) is 5.82 Å². The number of aromatic nitrogens is 2. The smallest absolute Gasteiger partial charge is 0.117 e. The molecule has 96 valence electrons. The molecule has 2 heterocycles. The van der Waals surface area contributed by atoms with Gasteiger partial charge in [0.25, 0.3) is 0 Å². The maximum absolute atomic E-state index is 4.89. The number of halogens is 1. The molecule has 2 aromatic rings. The van der Waals surface area contributed by atoms with Crippen molar-refractivity contribution in [1.82, 2.24) is 14.9 Å². The van der Waals surface area contributed by atoms with Gasteiger partial charge >= 0.3 is 0 Å². The second-order valence-electron chi connectivity index (χ2n) is 5.30. The summed E-state index contributed by atoms with van der Waals surface area (Å²) in [5.74, 6) is 1.23. The molecule has 1 aromatic carbocycles. The molecule has 1 fully saturated rings. The molecule has 1 unspecified atom stereocenters. The van der Waals surface area contributed by atoms with E-state index in [1.165, 1.54) is 11.3 Å². The fourth-order valence-corrected chi connectivity index (χ4v) is 3.24. The lowest BCUT2D eigenvalue weighted by atomic mass is 9.89. The van der Waals surface area contributed by atoms with Crippen molar-refractivity contribution < 1.29 is 0 Å². The number of nitrogens with one attached hydrogen (secondary N) is 1. The first kappa shape index (κ1) is 12.2. The van der Waals surface area contributed by atoms with E-state index in [9.17, 15) is 0 Å². The molecule has 1 aliphatic rings. The maximum Gasteiger partial charge on any atom is 0.117 e. The molecule has 4 heteroatoms. The molecule has 0 radical (unpaired) electrons. The van der Waals surface area contributed by atoms with E-state index in [0.717, 1.165) is 36.0 Å². The first-order valence-corrected chi connectivity index (χ1v) is 7.30. The average Bonchev–Trinajstić information content (AvgIpc) is 2.93. The lowest BCUT2D eigenvalue weighted by molar-refractivity contribution is 0.465. The molecular weight excluding hydrogens is 290 g/mol. The van der Waals surface area contributed by atoms with Crippen molar-refractivity contribution in [3.8, 4) is 0 Å². The molecule has 0 bridgehead atoms. The van der Waals surface area contributed by atoms with E-state index in [2.05, 4.69) is 57.9 Å². The summed E-state index contributed by atoms with van der Waals surface area (Å²) in [7, 11) is 0. The highest BCUT2D eigenvalue weighted by molar-refractivity contribution is 9.10. The van der Waals surface area contributed by atoms with Crippen LogP contribution in [0.3, 0.4) is 0 Å². The Morgan fingerprint density at radius 2 is 2.33 bits per heavy atom. The molecule has 3 rings (SSSR count). The molecule has 3 nitrogen and oxygen atoms in total. The van der Waals surface area contributed by atoms with Crippen molar-refractivity contribution in [3.63, 3.8) is 0 Å². The second kappa shape index (κ2) is 4.35. The Labute approximate surface area is 116 Å². The number of hydrogen-bond donors (Lipinski definition) is 1. The Hall–Kier alpha value is -0.870. The van der Waals surface area contributed by atoms with Crippen LogP contribution < -0.4 is 5.32 Å². The van der Waals surface area contributed by atoms with E-state index < -0.39 is 0 Å². The summed E-state index contributed by atoms with van der Waals surface area (Å²) in [6.07, 6.45) is 1.16. The molecule has 0 spiro atoms. The van der Waals surface area contributed by atoms with Gasteiger partial charge in [0.15, 0.2) is 0 Å². The number of fused-ring (bicyclic) bond motifs is 1. The quantitative estimate of drug-likeness (QED) is 0.924. The third-order valence-electron chi connectivity index (χ3n) is 3.94. The summed E-state index contributed by atoms with van der Waals surface area (Å²) < 4.78 is 3.45. The highest BCUT2D eigenvalue weighted by Gasteiger charge is 2.35. The number of benzene rings is 1. The van der Waals surface area contributed by atoms with Crippen molar-refractivity contribution in [3.05, 3.63) is 28.5 Å². The molecule has 1 aliphatic heterocycles. The molecular formula is C14H18BrN3. The fourth-order valence-electron chi connectivity index (χ4n) is 2.89. The SMILES string of the molecule is CCn1c(C2(C)CCNC2)nc2cc(Br)ccc21. The minimum absolute atomic E-state index is 0.168. The van der Waals surface area contributed by atoms with Gasteiger partial charge in [-0.05, 0) is 38.1 Å². The van der Waals surface area contributed by atoms with Crippen LogP contribution in [0, 0.1) is 0 Å². The predicted molar refractivity (Wildman–Crippen MR) is 77.9 cm³/mol. The van der Waals surface area contributed by atoms with Crippen LogP contribution >= 0.6 is 15.9 Å². The van der Waals surface area contributed by atoms with E-state index >= 15 is 0 Å². The van der Waals surface area contributed by atoms with Gasteiger partial charge in [-0.2, -0.15) is 0 Å². The summed E-state index contributed by atoms with van der Waals surface area (Å²) >= 11 is 3.52. The van der Waals surface area contributed by atoms with E-state index in [-0.39, 0.29) is 5.41 Å². The van der Waals surface area contributed by atoms with Crippen molar-refractivity contribution >= 4 is 27.0 Å². The molecule has 1 atom stereocenters. The molecule has 0 amide bonds. The van der Waals surface area contributed by atoms with Gasteiger partial charge in [0.2, 0.25) is 0 Å². The van der Waals surface area contributed by atoms with Gasteiger partial charge in [0.05, 0.1) is 11.0 Å². The molecule has 0 aliphatic carbocycles. The zero-order chi connectivity index (χ0) is 12.8. The minimum atomic E-state index is 0.168. The third kappa shape index (κ3) is 1.79. The maximum atomic E-state index is 4.89. The lowest BCUT2D eigenvalue weighted by Gasteiger charge is -2.23. The fraction of sp³-hybridized carbons (Fsp3) is 0.500. The van der Waals surface area contributed by atoms with Crippen LogP contribution in [0.25, 0.3) is 11.0 Å². The van der Waals surface area contributed by atoms with Crippen molar-refractivity contribution in [2.24, 2.45) is 0 Å². The van der Waals surface area contributed by atoms with Crippen LogP contribution in [-0.4, -0.2) is 22.6 Å². The van der Waals surface area contributed by atoms with Crippen LogP contribution in [0.2, 0.25) is 0 Å². The largest absolute Gasteiger partial charge is 0.328 e. The van der Waals surface area contributed by atoms with Gasteiger partial charge in [0, 0.05) is 23.0 Å². The Bertz CT molecular complexity index is 582. The van der Waals surface area contributed by atoms with Gasteiger partial charge in [-0.25, -0.2) is 4.98 Å². The van der Waals surface area contributed by atoms with E-state index in [0.29, 0.717) is 0 Å². The molecule has 1 N–H and O–H groups in total. The van der Waals surface area contributed by atoms with Crippen molar-refractivity contribution in [2.45, 2.75) is 32.2 Å². The Morgan fingerprint density at radius 1 is 1.50 bits per heavy atom. The molecule has 0 saturated carbocycles. The van der Waals surface area contributed by atoms with Crippen LogP contribution in [0.1, 0.15) is 26.1 Å². The van der Waals surface area contributed by atoms with Crippen LogP contribution in [-0.2, 0) is 12.0 Å². The van der Waals surface area contributed by atoms with Crippen molar-refractivity contribution in [1.29, 1.82) is 0 Å². The first-order chi connectivity index (χ1) is 8.64. The zero-order valence-corrected chi connectivity index (χ0v) is 12.4. The molecule has 18 heavy (non-hydrogen) atoms. The standard InChI is InChI=1S/C14H18BrN3/c1-3-18-12-5-4-10(15)8-11(12)17-13(18)14(2)6-7-16-9-14/h4-5,8,16H,3,6-7,9H2,1-2H3. The summed E-state index contributed by atoms with van der Waals surface area (Å²) in [6.45, 7) is 7.60. The number of rotatable bonds is 2. The highest BCUT2D eigenvalue weighted by Crippen LogP contribution is 2.32. The second-order valence-corrected chi connectivity index (χ2v) is 6.22. The van der Waals surface area contributed by atoms with Crippen LogP contribution in [0.15, 0.2) is 22.7 Å². The van der Waals surface area contributed by atoms with Gasteiger partial charge in [-0.3, -0.25) is 0 Å². The summed E-state index contributed by atoms with van der Waals surface area (Å²) in [5.41, 5.74) is 2.50. The Morgan fingerprint density at radius 3 is 3.00 bits per heavy atom. The van der Waals surface area contributed by atoms with E-state index in [1.54, 1.807) is 0 Å². The van der Waals surface area contributed by atoms with Crippen LogP contribution in [0.5, 0.6) is 0 Å². The first-order valence-electron chi connectivity index (χ1n) is 6.51. The average molecular weight is 308 g/mol. The number of imidazole rings is 1. The predicted octanol–water partition coefficient (Wildman–Crippen LogP) is 3.07. The van der Waals surface area contributed by atoms with E-state index in [4.69, 9.17) is 4.98 Å². The number of hydrogen-bond acceptors (Lipinski definition) is 2. The molecule has 1 aromatic heterocycles. The lowest BCUT2D eigenvalue weighted by Crippen LogP contribution is -2.29. The monoisotopic (exact) mass is 307 g/mol. The van der Waals surface area contributed by atoms with Gasteiger partial charge in [-0.1, -0.05) is 22.9 Å². The third-order valence-corrected chi connectivity index (χ3v) is 4.43. The van der Waals surface area contributed by atoms with Crippen molar-refractivity contribution in [2.75, 3.05) is 13.1 Å². The Kier molecular flexibility index (Phi) is 2.94. The Balaban J connectivity index is 2.22. The van der Waals surface area contributed by atoms with Gasteiger partial charge in [-0.15, -0.1) is 0 Å². The number of aryl methyl sites for hydroxylation is 1. The van der Waals surface area contributed by atoms with E-state index in [1.807, 2.05) is 0 Å². The summed E-state index contributed by atoms with van der Waals surface area (Å²) in [6, 6.07) is 6.36. The van der Waals surface area contributed by atoms with Gasteiger partial charge < -0.3 is 9.88 Å². The summed E-state index contributed by atoms with van der Waals surface area (Å²) in [4.78, 5) is 4.89. The van der Waals surface area contributed by atoms with Crippen LogP contribution in [0.4, 0.5) is 0 Å². The summed E-state index contributed by atoms with van der Waals surface area (Å²) in [5, 5.41) is 3.46. The minimum Gasteiger partial charge on any atom is -0.328 e. The highest BCUT2D eigenvalue weighted by atomic mass is 79.9.